The highest BCUT2D eigenvalue weighted by Gasteiger charge is 1.93. The standard InChI is InChI=1S/C4H7ClO2S/c5-8-3-1-2-4(6)7/h1-3H2,(H,6,7). The second-order valence-corrected chi connectivity index (χ2v) is 2.59. The van der Waals surface area contributed by atoms with Gasteiger partial charge in [0.15, 0.2) is 0 Å². The van der Waals surface area contributed by atoms with E-state index in [2.05, 4.69) is 0 Å². The van der Waals surface area contributed by atoms with Gasteiger partial charge in [-0.05, 0) is 17.1 Å². The Bertz CT molecular complexity index is 76.4. The zero-order valence-electron chi connectivity index (χ0n) is 4.26. The molecule has 0 aliphatic carbocycles. The average molecular weight is 155 g/mol. The first kappa shape index (κ1) is 8.11. The summed E-state index contributed by atoms with van der Waals surface area (Å²) in [5.41, 5.74) is 0. The highest BCUT2D eigenvalue weighted by molar-refractivity contribution is 8.21. The predicted molar refractivity (Wildman–Crippen MR) is 35.2 cm³/mol. The summed E-state index contributed by atoms with van der Waals surface area (Å²) in [5, 5.41) is 8.09. The summed E-state index contributed by atoms with van der Waals surface area (Å²) in [6, 6.07) is 0. The molecule has 4 heteroatoms. The van der Waals surface area contributed by atoms with Crippen LogP contribution < -0.4 is 0 Å². The Kier molecular flexibility index (Phi) is 5.32. The summed E-state index contributed by atoms with van der Waals surface area (Å²) in [4.78, 5) is 9.82. The molecular weight excluding hydrogens is 148 g/mol. The van der Waals surface area contributed by atoms with E-state index < -0.39 is 5.97 Å². The van der Waals surface area contributed by atoms with Crippen LogP contribution in [0.15, 0.2) is 0 Å². The van der Waals surface area contributed by atoms with E-state index in [1.54, 1.807) is 0 Å². The maximum atomic E-state index is 9.82. The Morgan fingerprint density at radius 3 is 2.75 bits per heavy atom. The van der Waals surface area contributed by atoms with Gasteiger partial charge in [0.1, 0.15) is 0 Å². The maximum absolute atomic E-state index is 9.82. The lowest BCUT2D eigenvalue weighted by molar-refractivity contribution is -0.137. The largest absolute Gasteiger partial charge is 0.481 e. The van der Waals surface area contributed by atoms with E-state index in [0.29, 0.717) is 12.2 Å². The third-order valence-electron chi connectivity index (χ3n) is 0.612. The molecule has 0 aromatic carbocycles. The monoisotopic (exact) mass is 154 g/mol. The minimum absolute atomic E-state index is 0.222. The molecule has 0 saturated heterocycles. The van der Waals surface area contributed by atoms with E-state index in [4.69, 9.17) is 15.8 Å². The normalized spacial score (nSPS) is 9.12. The van der Waals surface area contributed by atoms with Crippen LogP contribution >= 0.6 is 21.7 Å². The highest BCUT2D eigenvalue weighted by Crippen LogP contribution is 2.07. The summed E-state index contributed by atoms with van der Waals surface area (Å²) < 4.78 is 0. The van der Waals surface area contributed by atoms with Gasteiger partial charge in [-0.25, -0.2) is 0 Å². The summed E-state index contributed by atoms with van der Waals surface area (Å²) in [6.07, 6.45) is 0.878. The van der Waals surface area contributed by atoms with Gasteiger partial charge in [-0.2, -0.15) is 0 Å². The topological polar surface area (TPSA) is 37.3 Å². The number of halogens is 1. The minimum Gasteiger partial charge on any atom is -0.481 e. The van der Waals surface area contributed by atoms with Crippen LogP contribution in [0.1, 0.15) is 12.8 Å². The second kappa shape index (κ2) is 5.25. The number of hydrogen-bond donors (Lipinski definition) is 1. The van der Waals surface area contributed by atoms with Crippen LogP contribution in [0, 0.1) is 0 Å². The van der Waals surface area contributed by atoms with Crippen molar-refractivity contribution in [2.24, 2.45) is 0 Å². The van der Waals surface area contributed by atoms with E-state index in [1.807, 2.05) is 0 Å². The van der Waals surface area contributed by atoms with Gasteiger partial charge >= 0.3 is 5.97 Å². The van der Waals surface area contributed by atoms with Crippen molar-refractivity contribution in [2.75, 3.05) is 5.75 Å². The van der Waals surface area contributed by atoms with Gasteiger partial charge in [0.25, 0.3) is 0 Å². The molecule has 0 unspecified atom stereocenters. The molecule has 0 atom stereocenters. The first-order chi connectivity index (χ1) is 3.77. The summed E-state index contributed by atoms with van der Waals surface area (Å²) in [6.45, 7) is 0. The molecule has 0 aliphatic rings. The minimum atomic E-state index is -0.754. The number of carbonyl (C=O) groups is 1. The summed E-state index contributed by atoms with van der Waals surface area (Å²) in [5.74, 6) is -0.0378. The molecule has 0 spiro atoms. The predicted octanol–water partition coefficient (Wildman–Crippen LogP) is 1.74. The van der Waals surface area contributed by atoms with Gasteiger partial charge in [-0.3, -0.25) is 4.79 Å². The van der Waals surface area contributed by atoms with Crippen molar-refractivity contribution >= 4 is 27.6 Å². The van der Waals surface area contributed by atoms with E-state index >= 15 is 0 Å². The molecule has 8 heavy (non-hydrogen) atoms. The average Bonchev–Trinajstić information content (AvgIpc) is 1.66. The van der Waals surface area contributed by atoms with Gasteiger partial charge in [0.05, 0.1) is 0 Å². The molecule has 0 aromatic heterocycles. The van der Waals surface area contributed by atoms with E-state index in [1.165, 1.54) is 0 Å². The van der Waals surface area contributed by atoms with Gasteiger partial charge in [-0.15, -0.1) is 0 Å². The van der Waals surface area contributed by atoms with Crippen molar-refractivity contribution in [3.63, 3.8) is 0 Å². The lowest BCUT2D eigenvalue weighted by Gasteiger charge is -1.88. The Morgan fingerprint density at radius 1 is 1.75 bits per heavy atom. The van der Waals surface area contributed by atoms with Crippen LogP contribution in [0.3, 0.4) is 0 Å². The molecule has 0 aromatic rings. The Morgan fingerprint density at radius 2 is 2.38 bits per heavy atom. The van der Waals surface area contributed by atoms with Crippen molar-refractivity contribution in [3.05, 3.63) is 0 Å². The molecule has 0 heterocycles. The number of carboxylic acids is 1. The third kappa shape index (κ3) is 6.11. The fourth-order valence-corrected chi connectivity index (χ4v) is 0.859. The molecule has 0 amide bonds. The van der Waals surface area contributed by atoms with Gasteiger partial charge in [-0.1, -0.05) is 11.0 Å². The van der Waals surface area contributed by atoms with Crippen LogP contribution in [0.25, 0.3) is 0 Å². The molecule has 1 N–H and O–H groups in total. The van der Waals surface area contributed by atoms with Crippen molar-refractivity contribution in [1.82, 2.24) is 0 Å². The SMILES string of the molecule is O=C(O)CCCSCl. The molecular formula is C4H7ClO2S. The fraction of sp³-hybridized carbons (Fsp3) is 0.750. The lowest BCUT2D eigenvalue weighted by atomic mass is 10.3. The van der Waals surface area contributed by atoms with Gasteiger partial charge < -0.3 is 5.11 Å². The Balaban J connectivity index is 2.82. The van der Waals surface area contributed by atoms with Crippen LogP contribution in [0.2, 0.25) is 0 Å². The van der Waals surface area contributed by atoms with Crippen LogP contribution in [0.4, 0.5) is 0 Å². The van der Waals surface area contributed by atoms with Crippen LogP contribution in [-0.4, -0.2) is 16.8 Å². The molecule has 0 rings (SSSR count). The third-order valence-corrected chi connectivity index (χ3v) is 1.52. The zero-order valence-corrected chi connectivity index (χ0v) is 5.84. The van der Waals surface area contributed by atoms with Crippen molar-refractivity contribution in [2.45, 2.75) is 12.8 Å². The smallest absolute Gasteiger partial charge is 0.303 e. The highest BCUT2D eigenvalue weighted by atomic mass is 35.7. The molecule has 0 saturated carbocycles. The van der Waals surface area contributed by atoms with Crippen LogP contribution in [0.5, 0.6) is 0 Å². The van der Waals surface area contributed by atoms with Gasteiger partial charge in [0, 0.05) is 12.2 Å². The van der Waals surface area contributed by atoms with Gasteiger partial charge in [0.2, 0.25) is 0 Å². The maximum Gasteiger partial charge on any atom is 0.303 e. The summed E-state index contributed by atoms with van der Waals surface area (Å²) >= 11 is 0. The van der Waals surface area contributed by atoms with Crippen LogP contribution in [-0.2, 0) is 4.79 Å². The molecule has 48 valence electrons. The molecule has 0 bridgehead atoms. The molecule has 0 fully saturated rings. The number of rotatable bonds is 4. The fourth-order valence-electron chi connectivity index (χ4n) is 0.278. The van der Waals surface area contributed by atoms with E-state index in [9.17, 15) is 4.79 Å². The zero-order chi connectivity index (χ0) is 6.41. The van der Waals surface area contributed by atoms with E-state index in [0.717, 1.165) is 11.0 Å². The lowest BCUT2D eigenvalue weighted by Crippen LogP contribution is -1.93. The summed E-state index contributed by atoms with van der Waals surface area (Å²) in [7, 11) is 6.36. The second-order valence-electron chi connectivity index (χ2n) is 1.31. The van der Waals surface area contributed by atoms with Crippen molar-refractivity contribution in [1.29, 1.82) is 0 Å². The van der Waals surface area contributed by atoms with E-state index in [-0.39, 0.29) is 6.42 Å². The number of carboxylic acid groups (broad SMARTS) is 1. The number of aliphatic carboxylic acids is 1. The Hall–Kier alpha value is 0.110. The van der Waals surface area contributed by atoms with Crippen molar-refractivity contribution in [3.8, 4) is 0 Å². The number of hydrogen-bond acceptors (Lipinski definition) is 2. The first-order valence-corrected chi connectivity index (χ1v) is 4.04. The van der Waals surface area contributed by atoms with Crippen molar-refractivity contribution < 1.29 is 9.90 Å². The quantitative estimate of drug-likeness (QED) is 0.627. The molecule has 2 nitrogen and oxygen atoms in total. The molecule has 0 aliphatic heterocycles. The molecule has 0 radical (unpaired) electrons. The first-order valence-electron chi connectivity index (χ1n) is 2.22. The Labute approximate surface area is 56.7 Å².